The van der Waals surface area contributed by atoms with Crippen LogP contribution in [0.4, 0.5) is 11.4 Å². The number of amides is 1. The molecule has 24 heavy (non-hydrogen) atoms. The Labute approximate surface area is 141 Å². The zero-order valence-electron chi connectivity index (χ0n) is 13.7. The highest BCUT2D eigenvalue weighted by Gasteiger charge is 2.21. The molecule has 128 valence electrons. The fourth-order valence-corrected chi connectivity index (χ4v) is 4.08. The summed E-state index contributed by atoms with van der Waals surface area (Å²) >= 11 is 0. The van der Waals surface area contributed by atoms with Gasteiger partial charge in [-0.15, -0.1) is 0 Å². The number of sulfonamides is 1. The smallest absolute Gasteiger partial charge is 0.265 e. The summed E-state index contributed by atoms with van der Waals surface area (Å²) in [6.07, 6.45) is 3.42. The first-order chi connectivity index (χ1) is 11.4. The molecule has 1 aromatic carbocycles. The SMILES string of the molecule is CCn1ncc(S(=O)(=O)Nc2ccc3c(c2)NC(=O)CCC3)c1C. The van der Waals surface area contributed by atoms with Crippen LogP contribution in [-0.2, 0) is 27.8 Å². The minimum atomic E-state index is -3.73. The van der Waals surface area contributed by atoms with Gasteiger partial charge in [0, 0.05) is 18.7 Å². The second-order valence-corrected chi connectivity index (χ2v) is 7.44. The van der Waals surface area contributed by atoms with E-state index in [0.717, 1.165) is 18.4 Å². The highest BCUT2D eigenvalue weighted by Crippen LogP contribution is 2.27. The molecule has 1 amide bonds. The van der Waals surface area contributed by atoms with Crippen LogP contribution in [0, 0.1) is 6.92 Å². The van der Waals surface area contributed by atoms with Gasteiger partial charge in [-0.1, -0.05) is 6.07 Å². The standard InChI is InChI=1S/C16H20N4O3S/c1-3-20-11(2)15(10-17-20)24(22,23)19-13-8-7-12-5-4-6-16(21)18-14(12)9-13/h7-10,19H,3-6H2,1-2H3,(H,18,21). The van der Waals surface area contributed by atoms with Crippen LogP contribution in [0.2, 0.25) is 0 Å². The number of hydrogen-bond acceptors (Lipinski definition) is 4. The van der Waals surface area contributed by atoms with Gasteiger partial charge < -0.3 is 5.32 Å². The van der Waals surface area contributed by atoms with Crippen molar-refractivity contribution >= 4 is 27.3 Å². The van der Waals surface area contributed by atoms with Crippen LogP contribution in [0.5, 0.6) is 0 Å². The van der Waals surface area contributed by atoms with Gasteiger partial charge in [-0.2, -0.15) is 5.10 Å². The Morgan fingerprint density at radius 2 is 2.12 bits per heavy atom. The fraction of sp³-hybridized carbons (Fsp3) is 0.375. The lowest BCUT2D eigenvalue weighted by Crippen LogP contribution is -2.15. The van der Waals surface area contributed by atoms with E-state index in [2.05, 4.69) is 15.1 Å². The molecule has 8 heteroatoms. The van der Waals surface area contributed by atoms with Gasteiger partial charge in [0.05, 0.1) is 17.6 Å². The van der Waals surface area contributed by atoms with Gasteiger partial charge in [-0.3, -0.25) is 14.2 Å². The van der Waals surface area contributed by atoms with E-state index in [9.17, 15) is 13.2 Å². The Hall–Kier alpha value is -2.35. The van der Waals surface area contributed by atoms with Gasteiger partial charge in [0.25, 0.3) is 10.0 Å². The number of benzene rings is 1. The second-order valence-electron chi connectivity index (χ2n) is 5.79. The first kappa shape index (κ1) is 16.5. The van der Waals surface area contributed by atoms with E-state index < -0.39 is 10.0 Å². The van der Waals surface area contributed by atoms with Crippen LogP contribution in [0.15, 0.2) is 29.3 Å². The van der Waals surface area contributed by atoms with E-state index >= 15 is 0 Å². The van der Waals surface area contributed by atoms with Crippen LogP contribution >= 0.6 is 0 Å². The second kappa shape index (κ2) is 6.27. The largest absolute Gasteiger partial charge is 0.326 e. The Morgan fingerprint density at radius 1 is 1.33 bits per heavy atom. The topological polar surface area (TPSA) is 93.1 Å². The normalized spacial score (nSPS) is 14.7. The molecule has 0 atom stereocenters. The van der Waals surface area contributed by atoms with Crippen molar-refractivity contribution in [3.05, 3.63) is 35.7 Å². The van der Waals surface area contributed by atoms with Crippen molar-refractivity contribution in [3.8, 4) is 0 Å². The quantitative estimate of drug-likeness (QED) is 0.886. The molecule has 0 spiro atoms. The van der Waals surface area contributed by atoms with Crippen LogP contribution in [0.3, 0.4) is 0 Å². The van der Waals surface area contributed by atoms with Crippen molar-refractivity contribution in [2.45, 2.75) is 44.6 Å². The van der Waals surface area contributed by atoms with E-state index in [4.69, 9.17) is 0 Å². The number of nitrogens with one attached hydrogen (secondary N) is 2. The summed E-state index contributed by atoms with van der Waals surface area (Å²) in [6, 6.07) is 5.23. The van der Waals surface area contributed by atoms with Gasteiger partial charge in [-0.25, -0.2) is 8.42 Å². The van der Waals surface area contributed by atoms with Gasteiger partial charge in [0.1, 0.15) is 4.90 Å². The van der Waals surface area contributed by atoms with Gasteiger partial charge >= 0.3 is 0 Å². The summed E-state index contributed by atoms with van der Waals surface area (Å²) in [6.45, 7) is 4.23. The molecule has 2 heterocycles. The van der Waals surface area contributed by atoms with E-state index in [1.165, 1.54) is 6.20 Å². The summed E-state index contributed by atoms with van der Waals surface area (Å²) in [7, 11) is -3.73. The van der Waals surface area contributed by atoms with E-state index in [-0.39, 0.29) is 10.8 Å². The number of hydrogen-bond donors (Lipinski definition) is 2. The molecule has 3 rings (SSSR count). The number of nitrogens with zero attached hydrogens (tertiary/aromatic N) is 2. The van der Waals surface area contributed by atoms with Gasteiger partial charge in [0.15, 0.2) is 0 Å². The summed E-state index contributed by atoms with van der Waals surface area (Å²) in [4.78, 5) is 11.8. The number of aromatic nitrogens is 2. The molecule has 0 saturated carbocycles. The minimum absolute atomic E-state index is 0.0474. The van der Waals surface area contributed by atoms with Crippen molar-refractivity contribution in [1.82, 2.24) is 9.78 Å². The lowest BCUT2D eigenvalue weighted by molar-refractivity contribution is -0.116. The summed E-state index contributed by atoms with van der Waals surface area (Å²) in [5.41, 5.74) is 2.69. The Bertz CT molecular complexity index is 887. The third kappa shape index (κ3) is 3.14. The zero-order valence-corrected chi connectivity index (χ0v) is 14.5. The average Bonchev–Trinajstić information content (AvgIpc) is 2.80. The predicted octanol–water partition coefficient (Wildman–Crippen LogP) is 2.29. The summed E-state index contributed by atoms with van der Waals surface area (Å²) < 4.78 is 29.4. The third-order valence-corrected chi connectivity index (χ3v) is 5.62. The highest BCUT2D eigenvalue weighted by molar-refractivity contribution is 7.92. The van der Waals surface area contributed by atoms with Crippen LogP contribution in [0.25, 0.3) is 0 Å². The molecule has 7 nitrogen and oxygen atoms in total. The van der Waals surface area contributed by atoms with Crippen molar-refractivity contribution < 1.29 is 13.2 Å². The lowest BCUT2D eigenvalue weighted by atomic mass is 10.1. The van der Waals surface area contributed by atoms with Crippen molar-refractivity contribution in [1.29, 1.82) is 0 Å². The molecule has 0 unspecified atom stereocenters. The minimum Gasteiger partial charge on any atom is -0.326 e. The molecular weight excluding hydrogens is 328 g/mol. The van der Waals surface area contributed by atoms with Gasteiger partial charge in [-0.05, 0) is 44.4 Å². The maximum atomic E-state index is 12.6. The van der Waals surface area contributed by atoms with E-state index in [0.29, 0.717) is 30.0 Å². The Balaban J connectivity index is 1.90. The van der Waals surface area contributed by atoms with Crippen molar-refractivity contribution in [2.75, 3.05) is 10.0 Å². The molecule has 1 aliphatic heterocycles. The Kier molecular flexibility index (Phi) is 4.31. The molecule has 0 aliphatic carbocycles. The number of rotatable bonds is 4. The predicted molar refractivity (Wildman–Crippen MR) is 91.5 cm³/mol. The summed E-state index contributed by atoms with van der Waals surface area (Å²) in [5, 5.41) is 6.90. The number of carbonyl (C=O) groups excluding carboxylic acids is 1. The lowest BCUT2D eigenvalue weighted by Gasteiger charge is -2.12. The van der Waals surface area contributed by atoms with E-state index in [1.807, 2.05) is 13.0 Å². The number of carbonyl (C=O) groups is 1. The molecular formula is C16H20N4O3S. The first-order valence-corrected chi connectivity index (χ1v) is 9.37. The molecule has 0 bridgehead atoms. The maximum absolute atomic E-state index is 12.6. The maximum Gasteiger partial charge on any atom is 0.265 e. The molecule has 1 aromatic heterocycles. The zero-order chi connectivity index (χ0) is 17.3. The first-order valence-electron chi connectivity index (χ1n) is 7.88. The molecule has 0 radical (unpaired) electrons. The number of aryl methyl sites for hydroxylation is 2. The monoisotopic (exact) mass is 348 g/mol. The van der Waals surface area contributed by atoms with Crippen LogP contribution < -0.4 is 10.0 Å². The van der Waals surface area contributed by atoms with Crippen LogP contribution in [-0.4, -0.2) is 24.1 Å². The van der Waals surface area contributed by atoms with E-state index in [1.54, 1.807) is 23.7 Å². The molecule has 2 aromatic rings. The molecule has 0 fully saturated rings. The van der Waals surface area contributed by atoms with Crippen molar-refractivity contribution in [2.24, 2.45) is 0 Å². The van der Waals surface area contributed by atoms with Gasteiger partial charge in [0.2, 0.25) is 5.91 Å². The molecule has 1 aliphatic rings. The van der Waals surface area contributed by atoms with Crippen molar-refractivity contribution in [3.63, 3.8) is 0 Å². The number of fused-ring (bicyclic) bond motifs is 1. The summed E-state index contributed by atoms with van der Waals surface area (Å²) in [5.74, 6) is -0.0474. The Morgan fingerprint density at radius 3 is 2.83 bits per heavy atom. The fourth-order valence-electron chi connectivity index (χ4n) is 2.85. The third-order valence-electron chi connectivity index (χ3n) is 4.13. The average molecular weight is 348 g/mol. The number of anilines is 2. The van der Waals surface area contributed by atoms with Crippen LogP contribution in [0.1, 0.15) is 31.0 Å². The molecule has 2 N–H and O–H groups in total. The molecule has 0 saturated heterocycles. The highest BCUT2D eigenvalue weighted by atomic mass is 32.2.